The van der Waals surface area contributed by atoms with Crippen LogP contribution in [0.2, 0.25) is 0 Å². The average Bonchev–Trinajstić information content (AvgIpc) is 2.36. The molecule has 0 radical (unpaired) electrons. The standard InChI is InChI=1S/C16H18S/c1-10-11(2)13(4)16(17)15(12(10)3)14-8-6-5-7-9-14/h5-9,17H,1-4H3. The molecule has 0 saturated carbocycles. The van der Waals surface area contributed by atoms with Gasteiger partial charge in [-0.25, -0.2) is 0 Å². The van der Waals surface area contributed by atoms with Crippen molar-refractivity contribution in [2.45, 2.75) is 32.6 Å². The Bertz CT molecular complexity index is 524. The van der Waals surface area contributed by atoms with Crippen molar-refractivity contribution in [3.8, 4) is 11.1 Å². The average molecular weight is 242 g/mol. The van der Waals surface area contributed by atoms with Gasteiger partial charge in [-0.2, -0.15) is 0 Å². The fourth-order valence-corrected chi connectivity index (χ4v) is 2.72. The minimum absolute atomic E-state index is 1.11. The normalized spacial score (nSPS) is 10.6. The minimum atomic E-state index is 1.11. The highest BCUT2D eigenvalue weighted by molar-refractivity contribution is 7.80. The van der Waals surface area contributed by atoms with Gasteiger partial charge in [0, 0.05) is 4.90 Å². The summed E-state index contributed by atoms with van der Waals surface area (Å²) in [7, 11) is 0. The Balaban J connectivity index is 2.80. The lowest BCUT2D eigenvalue weighted by atomic mass is 9.91. The van der Waals surface area contributed by atoms with Crippen LogP contribution in [0.4, 0.5) is 0 Å². The van der Waals surface area contributed by atoms with E-state index in [0.717, 1.165) is 4.90 Å². The highest BCUT2D eigenvalue weighted by Crippen LogP contribution is 2.36. The molecule has 2 aromatic carbocycles. The van der Waals surface area contributed by atoms with Gasteiger partial charge >= 0.3 is 0 Å². The molecule has 2 aromatic rings. The largest absolute Gasteiger partial charge is 0.142 e. The molecule has 0 aromatic heterocycles. The fourth-order valence-electron chi connectivity index (χ4n) is 2.25. The molecule has 0 atom stereocenters. The second-order valence-corrected chi connectivity index (χ2v) is 5.04. The lowest BCUT2D eigenvalue weighted by Crippen LogP contribution is -1.97. The number of rotatable bonds is 1. The summed E-state index contributed by atoms with van der Waals surface area (Å²) in [6.45, 7) is 8.70. The third kappa shape index (κ3) is 2.00. The van der Waals surface area contributed by atoms with Crippen molar-refractivity contribution in [1.82, 2.24) is 0 Å². The van der Waals surface area contributed by atoms with Crippen LogP contribution < -0.4 is 0 Å². The van der Waals surface area contributed by atoms with Crippen molar-refractivity contribution in [3.05, 3.63) is 52.6 Å². The predicted octanol–water partition coefficient (Wildman–Crippen LogP) is 4.88. The zero-order valence-electron chi connectivity index (χ0n) is 10.8. The molecule has 0 aliphatic rings. The number of benzene rings is 2. The van der Waals surface area contributed by atoms with Crippen LogP contribution in [-0.2, 0) is 0 Å². The van der Waals surface area contributed by atoms with E-state index in [1.54, 1.807) is 0 Å². The topological polar surface area (TPSA) is 0 Å². The van der Waals surface area contributed by atoms with Crippen LogP contribution in [0.25, 0.3) is 11.1 Å². The summed E-state index contributed by atoms with van der Waals surface area (Å²) in [5.74, 6) is 0. The summed E-state index contributed by atoms with van der Waals surface area (Å²) in [5.41, 5.74) is 7.88. The summed E-state index contributed by atoms with van der Waals surface area (Å²) in [6.07, 6.45) is 0. The second kappa shape index (κ2) is 4.58. The second-order valence-electron chi connectivity index (χ2n) is 4.59. The molecule has 0 aliphatic heterocycles. The highest BCUT2D eigenvalue weighted by atomic mass is 32.1. The van der Waals surface area contributed by atoms with Crippen LogP contribution in [-0.4, -0.2) is 0 Å². The van der Waals surface area contributed by atoms with Gasteiger partial charge in [-0.05, 0) is 61.1 Å². The van der Waals surface area contributed by atoms with E-state index >= 15 is 0 Å². The quantitative estimate of drug-likeness (QED) is 0.677. The Labute approximate surface area is 109 Å². The van der Waals surface area contributed by atoms with E-state index < -0.39 is 0 Å². The molecule has 0 amide bonds. The zero-order chi connectivity index (χ0) is 12.6. The Kier molecular flexibility index (Phi) is 3.30. The van der Waals surface area contributed by atoms with Crippen LogP contribution in [0.1, 0.15) is 22.3 Å². The van der Waals surface area contributed by atoms with Gasteiger partial charge in [0.2, 0.25) is 0 Å². The third-order valence-electron chi connectivity index (χ3n) is 3.72. The molecule has 0 N–H and O–H groups in total. The van der Waals surface area contributed by atoms with Gasteiger partial charge in [-0.15, -0.1) is 12.6 Å². The molecular weight excluding hydrogens is 224 g/mol. The maximum atomic E-state index is 4.71. The van der Waals surface area contributed by atoms with Gasteiger partial charge in [0.15, 0.2) is 0 Å². The maximum Gasteiger partial charge on any atom is 0.0153 e. The molecule has 88 valence electrons. The van der Waals surface area contributed by atoms with Crippen LogP contribution in [0.3, 0.4) is 0 Å². The Hall–Kier alpha value is -1.21. The SMILES string of the molecule is Cc1c(C)c(C)c(-c2ccccc2)c(S)c1C. The molecule has 0 spiro atoms. The van der Waals surface area contributed by atoms with E-state index in [2.05, 4.69) is 52.0 Å². The monoisotopic (exact) mass is 242 g/mol. The molecule has 0 unspecified atom stereocenters. The van der Waals surface area contributed by atoms with E-state index in [0.29, 0.717) is 0 Å². The van der Waals surface area contributed by atoms with Crippen LogP contribution in [0.5, 0.6) is 0 Å². The number of hydrogen-bond donors (Lipinski definition) is 1. The van der Waals surface area contributed by atoms with E-state index in [-0.39, 0.29) is 0 Å². The Morgan fingerprint density at radius 2 is 1.24 bits per heavy atom. The lowest BCUT2D eigenvalue weighted by Gasteiger charge is -2.18. The van der Waals surface area contributed by atoms with Gasteiger partial charge < -0.3 is 0 Å². The molecule has 0 aliphatic carbocycles. The first-order valence-electron chi connectivity index (χ1n) is 5.88. The molecule has 1 heteroatoms. The van der Waals surface area contributed by atoms with Crippen molar-refractivity contribution in [3.63, 3.8) is 0 Å². The van der Waals surface area contributed by atoms with E-state index in [4.69, 9.17) is 12.6 Å². The van der Waals surface area contributed by atoms with Crippen LogP contribution in [0, 0.1) is 27.7 Å². The molecule has 2 rings (SSSR count). The maximum absolute atomic E-state index is 4.71. The van der Waals surface area contributed by atoms with Gasteiger partial charge in [0.05, 0.1) is 0 Å². The summed E-state index contributed by atoms with van der Waals surface area (Å²) in [5, 5.41) is 0. The first-order valence-corrected chi connectivity index (χ1v) is 6.33. The summed E-state index contributed by atoms with van der Waals surface area (Å²) in [6, 6.07) is 10.5. The van der Waals surface area contributed by atoms with Crippen molar-refractivity contribution < 1.29 is 0 Å². The van der Waals surface area contributed by atoms with Gasteiger partial charge in [-0.3, -0.25) is 0 Å². The van der Waals surface area contributed by atoms with Crippen molar-refractivity contribution in [2.75, 3.05) is 0 Å². The lowest BCUT2D eigenvalue weighted by molar-refractivity contribution is 1.15. The third-order valence-corrected chi connectivity index (χ3v) is 4.28. The zero-order valence-corrected chi connectivity index (χ0v) is 11.7. The van der Waals surface area contributed by atoms with E-state index in [9.17, 15) is 0 Å². The summed E-state index contributed by atoms with van der Waals surface area (Å²) in [4.78, 5) is 1.11. The van der Waals surface area contributed by atoms with E-state index in [1.807, 2.05) is 6.07 Å². The Morgan fingerprint density at radius 1 is 0.706 bits per heavy atom. The molecule has 0 saturated heterocycles. The van der Waals surface area contributed by atoms with Crippen LogP contribution >= 0.6 is 12.6 Å². The fraction of sp³-hybridized carbons (Fsp3) is 0.250. The molecular formula is C16H18S. The highest BCUT2D eigenvalue weighted by Gasteiger charge is 2.13. The molecule has 0 bridgehead atoms. The van der Waals surface area contributed by atoms with Crippen molar-refractivity contribution >= 4 is 12.6 Å². The van der Waals surface area contributed by atoms with Crippen LogP contribution in [0.15, 0.2) is 35.2 Å². The Morgan fingerprint density at radius 3 is 1.82 bits per heavy atom. The molecule has 0 fully saturated rings. The molecule has 0 nitrogen and oxygen atoms in total. The van der Waals surface area contributed by atoms with Crippen molar-refractivity contribution in [2.24, 2.45) is 0 Å². The van der Waals surface area contributed by atoms with Gasteiger partial charge in [0.25, 0.3) is 0 Å². The first-order chi connectivity index (χ1) is 8.04. The minimum Gasteiger partial charge on any atom is -0.142 e. The summed E-state index contributed by atoms with van der Waals surface area (Å²) < 4.78 is 0. The number of thiol groups is 1. The van der Waals surface area contributed by atoms with Gasteiger partial charge in [-0.1, -0.05) is 30.3 Å². The van der Waals surface area contributed by atoms with Crippen molar-refractivity contribution in [1.29, 1.82) is 0 Å². The smallest absolute Gasteiger partial charge is 0.0153 e. The molecule has 17 heavy (non-hydrogen) atoms. The molecule has 0 heterocycles. The predicted molar refractivity (Wildman–Crippen MR) is 78.1 cm³/mol. The van der Waals surface area contributed by atoms with E-state index in [1.165, 1.54) is 33.4 Å². The first kappa shape index (κ1) is 12.3. The number of hydrogen-bond acceptors (Lipinski definition) is 1. The van der Waals surface area contributed by atoms with Gasteiger partial charge in [0.1, 0.15) is 0 Å². The summed E-state index contributed by atoms with van der Waals surface area (Å²) >= 11 is 4.71.